The Labute approximate surface area is 122 Å². The van der Waals surface area contributed by atoms with Crippen LogP contribution in [0.4, 0.5) is 0 Å². The van der Waals surface area contributed by atoms with E-state index in [0.29, 0.717) is 11.5 Å². The van der Waals surface area contributed by atoms with Gasteiger partial charge >= 0.3 is 0 Å². The van der Waals surface area contributed by atoms with Crippen LogP contribution in [0.15, 0.2) is 53.6 Å². The van der Waals surface area contributed by atoms with Crippen LogP contribution >= 0.6 is 0 Å². The number of para-hydroxylation sites is 1. The van der Waals surface area contributed by atoms with E-state index in [9.17, 15) is 9.90 Å². The first kappa shape index (κ1) is 14.6. The molecule has 108 valence electrons. The normalized spacial score (nSPS) is 11.0. The van der Waals surface area contributed by atoms with Gasteiger partial charge in [-0.2, -0.15) is 5.10 Å². The van der Waals surface area contributed by atoms with E-state index in [4.69, 9.17) is 4.74 Å². The molecule has 0 bridgehead atoms. The third-order valence-electron chi connectivity index (χ3n) is 2.96. The molecule has 0 unspecified atom stereocenters. The molecule has 1 amide bonds. The molecule has 0 fully saturated rings. The van der Waals surface area contributed by atoms with Gasteiger partial charge in [0.2, 0.25) is 0 Å². The summed E-state index contributed by atoms with van der Waals surface area (Å²) in [5.74, 6) is 0.175. The van der Waals surface area contributed by atoms with Crippen molar-refractivity contribution in [3.8, 4) is 11.5 Å². The van der Waals surface area contributed by atoms with E-state index in [0.717, 1.165) is 5.56 Å². The molecule has 5 heteroatoms. The van der Waals surface area contributed by atoms with Crippen molar-refractivity contribution < 1.29 is 14.6 Å². The average molecular weight is 284 g/mol. The van der Waals surface area contributed by atoms with Crippen molar-refractivity contribution in [1.82, 2.24) is 5.43 Å². The van der Waals surface area contributed by atoms with Crippen LogP contribution < -0.4 is 10.2 Å². The summed E-state index contributed by atoms with van der Waals surface area (Å²) >= 11 is 0. The minimum atomic E-state index is -0.463. The number of amides is 1. The molecular formula is C16H16N2O3. The van der Waals surface area contributed by atoms with Crippen LogP contribution in [-0.4, -0.2) is 23.8 Å². The van der Waals surface area contributed by atoms with Gasteiger partial charge in [-0.15, -0.1) is 0 Å². The molecule has 0 aliphatic carbocycles. The minimum absolute atomic E-state index is 0.0794. The highest BCUT2D eigenvalue weighted by atomic mass is 16.5. The van der Waals surface area contributed by atoms with E-state index in [1.54, 1.807) is 26.2 Å². The number of nitrogens with zero attached hydrogens (tertiary/aromatic N) is 1. The fourth-order valence-corrected chi connectivity index (χ4v) is 1.77. The Kier molecular flexibility index (Phi) is 4.56. The maximum Gasteiger partial charge on any atom is 0.275 e. The quantitative estimate of drug-likeness (QED) is 0.669. The Bertz CT molecular complexity index is 681. The van der Waals surface area contributed by atoms with Crippen molar-refractivity contribution >= 4 is 11.6 Å². The number of rotatable bonds is 4. The zero-order chi connectivity index (χ0) is 15.2. The maximum atomic E-state index is 11.9. The van der Waals surface area contributed by atoms with Crippen LogP contribution in [-0.2, 0) is 0 Å². The molecule has 2 rings (SSSR count). The third kappa shape index (κ3) is 3.60. The third-order valence-corrected chi connectivity index (χ3v) is 2.96. The molecule has 0 radical (unpaired) electrons. The lowest BCUT2D eigenvalue weighted by atomic mass is 10.1. The second kappa shape index (κ2) is 6.56. The SMILES string of the molecule is COc1cccc(/C(C)=N\NC(=O)c2ccccc2O)c1. The lowest BCUT2D eigenvalue weighted by Crippen LogP contribution is -2.19. The van der Waals surface area contributed by atoms with Crippen LogP contribution in [0.5, 0.6) is 11.5 Å². The van der Waals surface area contributed by atoms with Crippen molar-refractivity contribution in [3.63, 3.8) is 0 Å². The predicted molar refractivity (Wildman–Crippen MR) is 80.8 cm³/mol. The van der Waals surface area contributed by atoms with Gasteiger partial charge in [0, 0.05) is 5.56 Å². The lowest BCUT2D eigenvalue weighted by molar-refractivity contribution is 0.0952. The Hall–Kier alpha value is -2.82. The maximum absolute atomic E-state index is 11.9. The van der Waals surface area contributed by atoms with E-state index < -0.39 is 5.91 Å². The number of hydrogen-bond donors (Lipinski definition) is 2. The van der Waals surface area contributed by atoms with Crippen molar-refractivity contribution in [2.75, 3.05) is 7.11 Å². The Morgan fingerprint density at radius 3 is 2.67 bits per heavy atom. The molecule has 2 N–H and O–H groups in total. The van der Waals surface area contributed by atoms with E-state index in [-0.39, 0.29) is 11.3 Å². The van der Waals surface area contributed by atoms with Gasteiger partial charge < -0.3 is 9.84 Å². The summed E-state index contributed by atoms with van der Waals surface area (Å²) in [6.07, 6.45) is 0. The van der Waals surface area contributed by atoms with E-state index >= 15 is 0 Å². The number of nitrogens with one attached hydrogen (secondary N) is 1. The Morgan fingerprint density at radius 2 is 1.95 bits per heavy atom. The van der Waals surface area contributed by atoms with Crippen LogP contribution in [0, 0.1) is 0 Å². The van der Waals surface area contributed by atoms with Crippen LogP contribution in [0.3, 0.4) is 0 Å². The molecule has 0 heterocycles. The summed E-state index contributed by atoms with van der Waals surface area (Å²) in [6.45, 7) is 1.78. The van der Waals surface area contributed by atoms with Crippen LogP contribution in [0.1, 0.15) is 22.8 Å². The van der Waals surface area contributed by atoms with Crippen LogP contribution in [0.2, 0.25) is 0 Å². The Morgan fingerprint density at radius 1 is 1.19 bits per heavy atom. The summed E-state index contributed by atoms with van der Waals surface area (Å²) in [7, 11) is 1.59. The summed E-state index contributed by atoms with van der Waals surface area (Å²) in [5.41, 5.74) is 4.08. The summed E-state index contributed by atoms with van der Waals surface area (Å²) in [4.78, 5) is 11.9. The lowest BCUT2D eigenvalue weighted by Gasteiger charge is -2.06. The number of hydrogen-bond acceptors (Lipinski definition) is 4. The standard InChI is InChI=1S/C16H16N2O3/c1-11(12-6-5-7-13(10-12)21-2)17-18-16(20)14-8-3-4-9-15(14)19/h3-10,19H,1-2H3,(H,18,20)/b17-11-. The number of methoxy groups -OCH3 is 1. The van der Waals surface area contributed by atoms with Gasteiger partial charge in [-0.3, -0.25) is 4.79 Å². The monoisotopic (exact) mass is 284 g/mol. The predicted octanol–water partition coefficient (Wildman–Crippen LogP) is 2.55. The molecule has 5 nitrogen and oxygen atoms in total. The molecule has 0 spiro atoms. The van der Waals surface area contributed by atoms with Crippen molar-refractivity contribution in [1.29, 1.82) is 0 Å². The number of benzene rings is 2. The second-order valence-electron chi connectivity index (χ2n) is 4.39. The first-order valence-corrected chi connectivity index (χ1v) is 6.39. The van der Waals surface area contributed by atoms with Crippen LogP contribution in [0.25, 0.3) is 0 Å². The largest absolute Gasteiger partial charge is 0.507 e. The van der Waals surface area contributed by atoms with Gasteiger partial charge in [0.05, 0.1) is 18.4 Å². The number of phenols is 1. The van der Waals surface area contributed by atoms with Gasteiger partial charge in [-0.05, 0) is 31.2 Å². The highest BCUT2D eigenvalue weighted by Gasteiger charge is 2.09. The molecule has 0 aliphatic heterocycles. The molecule has 2 aromatic carbocycles. The minimum Gasteiger partial charge on any atom is -0.507 e. The van der Waals surface area contributed by atoms with E-state index in [1.165, 1.54) is 12.1 Å². The van der Waals surface area contributed by atoms with Gasteiger partial charge in [0.15, 0.2) is 0 Å². The zero-order valence-electron chi connectivity index (χ0n) is 11.8. The number of carbonyl (C=O) groups excluding carboxylic acids is 1. The zero-order valence-corrected chi connectivity index (χ0v) is 11.8. The topological polar surface area (TPSA) is 70.9 Å². The van der Waals surface area contributed by atoms with Gasteiger partial charge in [-0.25, -0.2) is 5.43 Å². The van der Waals surface area contributed by atoms with E-state index in [1.807, 2.05) is 24.3 Å². The molecule has 0 atom stereocenters. The molecule has 0 aliphatic rings. The first-order chi connectivity index (χ1) is 10.1. The summed E-state index contributed by atoms with van der Waals surface area (Å²) in [5, 5.41) is 13.6. The molecule has 0 saturated carbocycles. The highest BCUT2D eigenvalue weighted by molar-refractivity contribution is 6.01. The number of ether oxygens (including phenoxy) is 1. The molecule has 21 heavy (non-hydrogen) atoms. The fraction of sp³-hybridized carbons (Fsp3) is 0.125. The van der Waals surface area contributed by atoms with Gasteiger partial charge in [0.1, 0.15) is 11.5 Å². The molecular weight excluding hydrogens is 268 g/mol. The summed E-state index contributed by atoms with van der Waals surface area (Å²) in [6, 6.07) is 13.7. The number of hydrazone groups is 1. The van der Waals surface area contributed by atoms with Crippen molar-refractivity contribution in [2.45, 2.75) is 6.92 Å². The number of carbonyl (C=O) groups is 1. The number of phenolic OH excluding ortho intramolecular Hbond substituents is 1. The average Bonchev–Trinajstić information content (AvgIpc) is 2.52. The molecule has 2 aromatic rings. The highest BCUT2D eigenvalue weighted by Crippen LogP contribution is 2.15. The van der Waals surface area contributed by atoms with E-state index in [2.05, 4.69) is 10.5 Å². The number of aromatic hydroxyl groups is 1. The van der Waals surface area contributed by atoms with Gasteiger partial charge in [0.25, 0.3) is 5.91 Å². The van der Waals surface area contributed by atoms with Crippen molar-refractivity contribution in [2.24, 2.45) is 5.10 Å². The Balaban J connectivity index is 2.13. The smallest absolute Gasteiger partial charge is 0.275 e. The second-order valence-corrected chi connectivity index (χ2v) is 4.39. The molecule has 0 saturated heterocycles. The summed E-state index contributed by atoms with van der Waals surface area (Å²) < 4.78 is 5.14. The van der Waals surface area contributed by atoms with Gasteiger partial charge in [-0.1, -0.05) is 24.3 Å². The molecule has 0 aromatic heterocycles. The first-order valence-electron chi connectivity index (χ1n) is 6.39. The van der Waals surface area contributed by atoms with Crippen molar-refractivity contribution in [3.05, 3.63) is 59.7 Å². The fourth-order valence-electron chi connectivity index (χ4n) is 1.77.